The van der Waals surface area contributed by atoms with Crippen LogP contribution in [0.2, 0.25) is 0 Å². The molecule has 4 aromatic heterocycles. The van der Waals surface area contributed by atoms with Gasteiger partial charge >= 0.3 is 0 Å². The lowest BCUT2D eigenvalue weighted by Gasteiger charge is -2.14. The Labute approximate surface area is 311 Å². The molecule has 3 heteroatoms. The first-order valence-corrected chi connectivity index (χ1v) is 19.8. The van der Waals surface area contributed by atoms with Crippen LogP contribution in [-0.4, -0.2) is 4.40 Å². The van der Waals surface area contributed by atoms with E-state index in [0.717, 1.165) is 0 Å². The topological polar surface area (TPSA) is 4.41 Å². The van der Waals surface area contributed by atoms with Crippen LogP contribution in [0.15, 0.2) is 164 Å². The third kappa shape index (κ3) is 3.61. The van der Waals surface area contributed by atoms with Crippen molar-refractivity contribution in [1.82, 2.24) is 4.40 Å². The molecule has 0 radical (unpaired) electrons. The van der Waals surface area contributed by atoms with Crippen LogP contribution in [0.3, 0.4) is 0 Å². The molecule has 0 spiro atoms. The number of thiophene rings is 2. The van der Waals surface area contributed by atoms with Gasteiger partial charge in [0.05, 0.1) is 16.6 Å². The normalized spacial score (nSPS) is 12.5. The highest BCUT2D eigenvalue weighted by Gasteiger charge is 2.26. The molecule has 0 unspecified atom stereocenters. The van der Waals surface area contributed by atoms with E-state index in [1.54, 1.807) is 0 Å². The molecular formula is C50H27NS2. The van der Waals surface area contributed by atoms with Gasteiger partial charge in [-0.2, -0.15) is 0 Å². The fourth-order valence-electron chi connectivity index (χ4n) is 9.65. The number of para-hydroxylation sites is 1. The summed E-state index contributed by atoms with van der Waals surface area (Å²) >= 11 is 3.78. The monoisotopic (exact) mass is 705 g/mol. The molecule has 0 bridgehead atoms. The number of rotatable bonds is 2. The molecule has 13 rings (SSSR count). The molecule has 0 amide bonds. The first kappa shape index (κ1) is 28.3. The summed E-state index contributed by atoms with van der Waals surface area (Å²) in [5, 5.41) is 15.7. The lowest BCUT2D eigenvalue weighted by Crippen LogP contribution is -1.89. The standard InChI is InChI=1S/C50H27NS2/c1-3-14-30-28(12-1)26-38-48(46(30)34-18-10-24-42-44(34)32-16-5-7-22-40(32)52-42)36-20-9-21-37-49-39(51(38)50(36)37)27-29-13-2-4-15-31(29)47(49)35-19-11-25-43-45(35)33-17-6-8-23-41(33)53-43/h1-27H. The van der Waals surface area contributed by atoms with Crippen molar-refractivity contribution >= 4 is 123 Å². The molecule has 0 fully saturated rings. The molecule has 0 saturated heterocycles. The van der Waals surface area contributed by atoms with Crippen molar-refractivity contribution in [3.8, 4) is 22.3 Å². The lowest BCUT2D eigenvalue weighted by atomic mass is 9.89. The van der Waals surface area contributed by atoms with Crippen LogP contribution in [0.4, 0.5) is 0 Å². The van der Waals surface area contributed by atoms with Gasteiger partial charge in [-0.15, -0.1) is 22.7 Å². The number of aromatic nitrogens is 1. The van der Waals surface area contributed by atoms with E-state index in [9.17, 15) is 0 Å². The summed E-state index contributed by atoms with van der Waals surface area (Å²) < 4.78 is 7.92. The van der Waals surface area contributed by atoms with E-state index in [0.29, 0.717) is 0 Å². The average molecular weight is 706 g/mol. The Morgan fingerprint density at radius 3 is 1.23 bits per heavy atom. The molecule has 244 valence electrons. The van der Waals surface area contributed by atoms with Crippen LogP contribution in [0.1, 0.15) is 0 Å². The van der Waals surface area contributed by atoms with E-state index < -0.39 is 0 Å². The van der Waals surface area contributed by atoms with Crippen LogP contribution < -0.4 is 0 Å². The van der Waals surface area contributed by atoms with Crippen molar-refractivity contribution in [1.29, 1.82) is 0 Å². The Hall–Kier alpha value is -6.26. The number of nitrogens with zero attached hydrogens (tertiary/aromatic N) is 1. The highest BCUT2D eigenvalue weighted by Crippen LogP contribution is 2.52. The summed E-state index contributed by atoms with van der Waals surface area (Å²) in [7, 11) is 0. The lowest BCUT2D eigenvalue weighted by molar-refractivity contribution is 1.38. The molecule has 0 atom stereocenters. The number of hydrogen-bond donors (Lipinski definition) is 0. The van der Waals surface area contributed by atoms with Crippen LogP contribution in [-0.2, 0) is 0 Å². The minimum absolute atomic E-state index is 1.26. The van der Waals surface area contributed by atoms with Crippen molar-refractivity contribution in [3.63, 3.8) is 0 Å². The first-order valence-electron chi connectivity index (χ1n) is 18.2. The Balaban J connectivity index is 1.26. The van der Waals surface area contributed by atoms with Crippen LogP contribution >= 0.6 is 22.7 Å². The summed E-state index contributed by atoms with van der Waals surface area (Å²) in [6, 6.07) is 61.5. The molecule has 0 aliphatic heterocycles. The maximum atomic E-state index is 2.60. The van der Waals surface area contributed by atoms with Gasteiger partial charge < -0.3 is 4.40 Å². The zero-order chi connectivity index (χ0) is 34.4. The molecule has 0 aliphatic carbocycles. The van der Waals surface area contributed by atoms with Gasteiger partial charge in [-0.25, -0.2) is 0 Å². The molecule has 1 nitrogen and oxygen atoms in total. The Bertz CT molecular complexity index is 3450. The maximum absolute atomic E-state index is 2.60. The summed E-state index contributed by atoms with van der Waals surface area (Å²) in [5.41, 5.74) is 9.09. The predicted molar refractivity (Wildman–Crippen MR) is 233 cm³/mol. The summed E-state index contributed by atoms with van der Waals surface area (Å²) in [5.74, 6) is 0. The molecule has 0 saturated carbocycles. The van der Waals surface area contributed by atoms with E-state index in [2.05, 4.69) is 168 Å². The Morgan fingerprint density at radius 2 is 0.717 bits per heavy atom. The van der Waals surface area contributed by atoms with Crippen molar-refractivity contribution in [3.05, 3.63) is 164 Å². The first-order chi connectivity index (χ1) is 26.3. The van der Waals surface area contributed by atoms with Gasteiger partial charge in [0.15, 0.2) is 0 Å². The highest BCUT2D eigenvalue weighted by molar-refractivity contribution is 7.26. The van der Waals surface area contributed by atoms with E-state index in [4.69, 9.17) is 0 Å². The van der Waals surface area contributed by atoms with Crippen molar-refractivity contribution in [2.75, 3.05) is 0 Å². The maximum Gasteiger partial charge on any atom is 0.0620 e. The molecule has 0 N–H and O–H groups in total. The van der Waals surface area contributed by atoms with Crippen molar-refractivity contribution in [2.24, 2.45) is 0 Å². The van der Waals surface area contributed by atoms with Gasteiger partial charge in [0.1, 0.15) is 0 Å². The summed E-state index contributed by atoms with van der Waals surface area (Å²) in [4.78, 5) is 0. The summed E-state index contributed by atoms with van der Waals surface area (Å²) in [6.45, 7) is 0. The second-order valence-electron chi connectivity index (χ2n) is 14.3. The second-order valence-corrected chi connectivity index (χ2v) is 16.5. The quantitative estimate of drug-likeness (QED) is 0.169. The van der Waals surface area contributed by atoms with Gasteiger partial charge in [-0.05, 0) is 69.1 Å². The smallest absolute Gasteiger partial charge is 0.0620 e. The zero-order valence-electron chi connectivity index (χ0n) is 28.4. The van der Waals surface area contributed by atoms with E-state index in [1.165, 1.54) is 122 Å². The minimum Gasteiger partial charge on any atom is -0.308 e. The molecule has 0 aliphatic rings. The Morgan fingerprint density at radius 1 is 0.321 bits per heavy atom. The van der Waals surface area contributed by atoms with Crippen LogP contribution in [0.5, 0.6) is 0 Å². The van der Waals surface area contributed by atoms with E-state index in [-0.39, 0.29) is 0 Å². The van der Waals surface area contributed by atoms with Gasteiger partial charge in [0.25, 0.3) is 0 Å². The molecular weight excluding hydrogens is 679 g/mol. The van der Waals surface area contributed by atoms with Gasteiger partial charge in [0.2, 0.25) is 0 Å². The SMILES string of the molecule is c1ccc2c(-c3cccc4sc5ccccc5c34)c3c4cccc5c6c(-c7cccc8sc9ccccc9c78)c7ccccc7cc6n(c3cc2c1)c45. The molecule has 4 heterocycles. The largest absolute Gasteiger partial charge is 0.308 e. The highest BCUT2D eigenvalue weighted by atomic mass is 32.1. The fraction of sp³-hybridized carbons (Fsp3) is 0. The third-order valence-electron chi connectivity index (χ3n) is 11.7. The number of fused-ring (bicyclic) bond motifs is 14. The summed E-state index contributed by atoms with van der Waals surface area (Å²) in [6.07, 6.45) is 0. The second kappa shape index (κ2) is 10.2. The molecule has 9 aromatic carbocycles. The van der Waals surface area contributed by atoms with Crippen molar-refractivity contribution < 1.29 is 0 Å². The minimum atomic E-state index is 1.26. The van der Waals surface area contributed by atoms with Crippen molar-refractivity contribution in [2.45, 2.75) is 0 Å². The zero-order valence-corrected chi connectivity index (χ0v) is 30.0. The Kier molecular flexibility index (Phi) is 5.45. The average Bonchev–Trinajstić information content (AvgIpc) is 3.96. The van der Waals surface area contributed by atoms with Crippen LogP contribution in [0, 0.1) is 0 Å². The van der Waals surface area contributed by atoms with E-state index in [1.807, 2.05) is 22.7 Å². The van der Waals surface area contributed by atoms with Crippen LogP contribution in [0.25, 0.3) is 122 Å². The number of benzene rings is 9. The van der Waals surface area contributed by atoms with Gasteiger partial charge in [-0.1, -0.05) is 127 Å². The third-order valence-corrected chi connectivity index (χ3v) is 14.0. The van der Waals surface area contributed by atoms with Gasteiger partial charge in [-0.3, -0.25) is 0 Å². The molecule has 13 aromatic rings. The fourth-order valence-corrected chi connectivity index (χ4v) is 11.9. The number of hydrogen-bond acceptors (Lipinski definition) is 2. The predicted octanol–water partition coefficient (Wildman–Crippen LogP) is 15.2. The molecule has 53 heavy (non-hydrogen) atoms. The van der Waals surface area contributed by atoms with Gasteiger partial charge in [0, 0.05) is 73.0 Å². The van der Waals surface area contributed by atoms with E-state index >= 15 is 0 Å².